The maximum Gasteiger partial charge on any atom is 0.341 e. The fourth-order valence-electron chi connectivity index (χ4n) is 1.98. The fourth-order valence-corrected chi connectivity index (χ4v) is 1.98. The van der Waals surface area contributed by atoms with Crippen LogP contribution < -0.4 is 5.48 Å². The van der Waals surface area contributed by atoms with Crippen LogP contribution >= 0.6 is 0 Å². The number of hydrogen-bond acceptors (Lipinski definition) is 2. The molecule has 4 heteroatoms. The van der Waals surface area contributed by atoms with Gasteiger partial charge in [0.05, 0.1) is 7.11 Å². The molecule has 13 heavy (non-hydrogen) atoms. The van der Waals surface area contributed by atoms with Crippen LogP contribution in [0.1, 0.15) is 33.1 Å². The molecule has 1 rings (SSSR count). The van der Waals surface area contributed by atoms with Crippen LogP contribution in [0.15, 0.2) is 0 Å². The van der Waals surface area contributed by atoms with Crippen molar-refractivity contribution < 1.29 is 9.63 Å². The van der Waals surface area contributed by atoms with E-state index in [2.05, 4.69) is 24.2 Å². The number of hydrogen-bond donors (Lipinski definition) is 1. The van der Waals surface area contributed by atoms with Gasteiger partial charge in [-0.25, -0.2) is 10.3 Å². The molecule has 0 aromatic heterocycles. The van der Waals surface area contributed by atoms with E-state index in [9.17, 15) is 4.79 Å². The first kappa shape index (κ1) is 10.3. The molecule has 2 amide bonds. The topological polar surface area (TPSA) is 41.6 Å². The zero-order chi connectivity index (χ0) is 9.84. The summed E-state index contributed by atoms with van der Waals surface area (Å²) in [5.74, 6) is 0. The minimum absolute atomic E-state index is 0.112. The molecule has 1 aliphatic heterocycles. The predicted octanol–water partition coefficient (Wildman–Crippen LogP) is 1.52. The number of likely N-dealkylation sites (tertiary alicyclic amines) is 1. The number of nitrogens with zero attached hydrogens (tertiary/aromatic N) is 1. The summed E-state index contributed by atoms with van der Waals surface area (Å²) in [7, 11) is 1.46. The van der Waals surface area contributed by atoms with E-state index in [0.29, 0.717) is 12.1 Å². The average Bonchev–Trinajstić information content (AvgIpc) is 2.47. The average molecular weight is 186 g/mol. The highest BCUT2D eigenvalue weighted by atomic mass is 16.6. The molecular weight excluding hydrogens is 168 g/mol. The van der Waals surface area contributed by atoms with Gasteiger partial charge in [-0.05, 0) is 26.2 Å². The van der Waals surface area contributed by atoms with Crippen LogP contribution in [0.4, 0.5) is 4.79 Å². The van der Waals surface area contributed by atoms with Crippen LogP contribution in [0.25, 0.3) is 0 Å². The SMILES string of the molecule is CCC1CCC(C)N1C(=O)NOC. The van der Waals surface area contributed by atoms with Crippen LogP contribution in [0, 0.1) is 0 Å². The Morgan fingerprint density at radius 3 is 2.85 bits per heavy atom. The number of carbonyl (C=O) groups is 1. The Bertz CT molecular complexity index is 184. The Morgan fingerprint density at radius 2 is 2.31 bits per heavy atom. The lowest BCUT2D eigenvalue weighted by Gasteiger charge is -2.27. The number of hydroxylamine groups is 1. The Hall–Kier alpha value is -0.770. The summed E-state index contributed by atoms with van der Waals surface area (Å²) in [6.45, 7) is 4.18. The fraction of sp³-hybridized carbons (Fsp3) is 0.889. The van der Waals surface area contributed by atoms with Gasteiger partial charge < -0.3 is 4.90 Å². The van der Waals surface area contributed by atoms with E-state index >= 15 is 0 Å². The first-order valence-corrected chi connectivity index (χ1v) is 4.82. The highest BCUT2D eigenvalue weighted by Crippen LogP contribution is 2.25. The molecule has 0 aromatic carbocycles. The van der Waals surface area contributed by atoms with Gasteiger partial charge in [-0.15, -0.1) is 0 Å². The minimum Gasteiger partial charge on any atom is -0.317 e. The third-order valence-electron chi connectivity index (χ3n) is 2.68. The van der Waals surface area contributed by atoms with Crippen molar-refractivity contribution in [3.63, 3.8) is 0 Å². The molecule has 1 fully saturated rings. The predicted molar refractivity (Wildman–Crippen MR) is 50.2 cm³/mol. The van der Waals surface area contributed by atoms with E-state index in [1.165, 1.54) is 7.11 Å². The number of rotatable bonds is 2. The molecule has 1 aliphatic rings. The van der Waals surface area contributed by atoms with Crippen molar-refractivity contribution in [3.8, 4) is 0 Å². The monoisotopic (exact) mass is 186 g/mol. The number of urea groups is 1. The standard InChI is InChI=1S/C9H18N2O2/c1-4-8-6-5-7(2)11(8)9(12)10-13-3/h7-8H,4-6H2,1-3H3,(H,10,12). The highest BCUT2D eigenvalue weighted by Gasteiger charge is 2.32. The summed E-state index contributed by atoms with van der Waals surface area (Å²) >= 11 is 0. The van der Waals surface area contributed by atoms with E-state index in [0.717, 1.165) is 19.3 Å². The summed E-state index contributed by atoms with van der Waals surface area (Å²) in [6, 6.07) is 0.601. The van der Waals surface area contributed by atoms with Crippen molar-refractivity contribution in [2.45, 2.75) is 45.2 Å². The maximum absolute atomic E-state index is 11.5. The number of carbonyl (C=O) groups excluding carboxylic acids is 1. The molecule has 1 N–H and O–H groups in total. The molecule has 1 heterocycles. The smallest absolute Gasteiger partial charge is 0.317 e. The molecule has 0 aromatic rings. The molecule has 0 bridgehead atoms. The molecule has 0 spiro atoms. The summed E-state index contributed by atoms with van der Waals surface area (Å²) in [5.41, 5.74) is 2.37. The van der Waals surface area contributed by atoms with Crippen LogP contribution in [0.2, 0.25) is 0 Å². The molecule has 76 valence electrons. The summed E-state index contributed by atoms with van der Waals surface area (Å²) in [4.78, 5) is 18.0. The van der Waals surface area contributed by atoms with Crippen LogP contribution in [-0.4, -0.2) is 30.1 Å². The highest BCUT2D eigenvalue weighted by molar-refractivity contribution is 5.74. The molecule has 0 aliphatic carbocycles. The second-order valence-corrected chi connectivity index (χ2v) is 3.51. The third-order valence-corrected chi connectivity index (χ3v) is 2.68. The third kappa shape index (κ3) is 2.12. The van der Waals surface area contributed by atoms with Crippen LogP contribution in [0.5, 0.6) is 0 Å². The molecular formula is C9H18N2O2. The van der Waals surface area contributed by atoms with Crippen molar-refractivity contribution in [3.05, 3.63) is 0 Å². The Morgan fingerprint density at radius 1 is 1.62 bits per heavy atom. The van der Waals surface area contributed by atoms with Gasteiger partial charge in [0.2, 0.25) is 0 Å². The van der Waals surface area contributed by atoms with E-state index in [4.69, 9.17) is 0 Å². The zero-order valence-electron chi connectivity index (χ0n) is 8.54. The largest absolute Gasteiger partial charge is 0.341 e. The maximum atomic E-state index is 11.5. The summed E-state index contributed by atoms with van der Waals surface area (Å²) in [5, 5.41) is 0. The van der Waals surface area contributed by atoms with E-state index in [1.54, 1.807) is 0 Å². The molecule has 2 unspecified atom stereocenters. The molecule has 1 saturated heterocycles. The van der Waals surface area contributed by atoms with Crippen molar-refractivity contribution in [1.29, 1.82) is 0 Å². The second kappa shape index (κ2) is 4.46. The zero-order valence-corrected chi connectivity index (χ0v) is 8.54. The van der Waals surface area contributed by atoms with Gasteiger partial charge in [-0.2, -0.15) is 0 Å². The summed E-state index contributed by atoms with van der Waals surface area (Å²) in [6.07, 6.45) is 3.21. The van der Waals surface area contributed by atoms with Gasteiger partial charge in [-0.1, -0.05) is 6.92 Å². The van der Waals surface area contributed by atoms with E-state index in [1.807, 2.05) is 4.90 Å². The second-order valence-electron chi connectivity index (χ2n) is 3.51. The quantitative estimate of drug-likeness (QED) is 0.664. The molecule has 4 nitrogen and oxygen atoms in total. The van der Waals surface area contributed by atoms with Gasteiger partial charge in [0.25, 0.3) is 0 Å². The minimum atomic E-state index is -0.112. The van der Waals surface area contributed by atoms with Gasteiger partial charge in [-0.3, -0.25) is 4.84 Å². The first-order chi connectivity index (χ1) is 6.20. The van der Waals surface area contributed by atoms with Crippen molar-refractivity contribution in [2.75, 3.05) is 7.11 Å². The molecule has 0 saturated carbocycles. The molecule has 2 atom stereocenters. The molecule has 0 radical (unpaired) electrons. The lowest BCUT2D eigenvalue weighted by molar-refractivity contribution is 0.0777. The number of amides is 2. The lowest BCUT2D eigenvalue weighted by atomic mass is 10.2. The van der Waals surface area contributed by atoms with Gasteiger partial charge in [0, 0.05) is 12.1 Å². The Balaban J connectivity index is 2.58. The van der Waals surface area contributed by atoms with Crippen molar-refractivity contribution in [1.82, 2.24) is 10.4 Å². The van der Waals surface area contributed by atoms with Crippen LogP contribution in [-0.2, 0) is 4.84 Å². The van der Waals surface area contributed by atoms with E-state index < -0.39 is 0 Å². The normalized spacial score (nSPS) is 27.8. The Kier molecular flexibility index (Phi) is 3.54. The number of nitrogens with one attached hydrogen (secondary N) is 1. The summed E-state index contributed by atoms with van der Waals surface area (Å²) < 4.78 is 0. The first-order valence-electron chi connectivity index (χ1n) is 4.82. The Labute approximate surface area is 79.2 Å². The van der Waals surface area contributed by atoms with Gasteiger partial charge in [0.1, 0.15) is 0 Å². The van der Waals surface area contributed by atoms with Crippen molar-refractivity contribution >= 4 is 6.03 Å². The van der Waals surface area contributed by atoms with Gasteiger partial charge >= 0.3 is 6.03 Å². The van der Waals surface area contributed by atoms with Crippen LogP contribution in [0.3, 0.4) is 0 Å². The van der Waals surface area contributed by atoms with E-state index in [-0.39, 0.29) is 6.03 Å². The van der Waals surface area contributed by atoms with Crippen molar-refractivity contribution in [2.24, 2.45) is 0 Å². The van der Waals surface area contributed by atoms with Gasteiger partial charge in [0.15, 0.2) is 0 Å². The lowest BCUT2D eigenvalue weighted by Crippen LogP contribution is -2.45.